The molecule has 0 saturated heterocycles. The zero-order valence-electron chi connectivity index (χ0n) is 11.5. The van der Waals surface area contributed by atoms with E-state index in [1.807, 2.05) is 0 Å². The summed E-state index contributed by atoms with van der Waals surface area (Å²) < 4.78 is 6.07. The van der Waals surface area contributed by atoms with Gasteiger partial charge >= 0.3 is 0 Å². The summed E-state index contributed by atoms with van der Waals surface area (Å²) in [6.07, 6.45) is 0.740. The third-order valence-electron chi connectivity index (χ3n) is 3.40. The maximum absolute atomic E-state index is 11.7. The number of hydrogen-bond donors (Lipinski definition) is 0. The fraction of sp³-hybridized carbons (Fsp3) is 0.750. The van der Waals surface area contributed by atoms with Crippen molar-refractivity contribution in [3.8, 4) is 0 Å². The van der Waals surface area contributed by atoms with E-state index in [2.05, 4.69) is 33.9 Å². The van der Waals surface area contributed by atoms with Crippen molar-refractivity contribution in [1.82, 2.24) is 4.90 Å². The lowest BCUT2D eigenvalue weighted by Crippen LogP contribution is -2.39. The number of rotatable bonds is 3. The Morgan fingerprint density at radius 1 is 1.31 bits per heavy atom. The molecule has 1 amide bonds. The van der Waals surface area contributed by atoms with Crippen LogP contribution in [0.3, 0.4) is 0 Å². The zero-order chi connectivity index (χ0) is 12.7. The highest BCUT2D eigenvalue weighted by Gasteiger charge is 2.43. The third-order valence-corrected chi connectivity index (χ3v) is 7.77. The minimum atomic E-state index is -1.76. The maximum Gasteiger partial charge on any atom is 0.253 e. The lowest BCUT2D eigenvalue weighted by atomic mass is 10.2. The fourth-order valence-corrected chi connectivity index (χ4v) is 2.26. The minimum absolute atomic E-state index is 0.0914. The van der Waals surface area contributed by atoms with E-state index in [1.54, 1.807) is 19.0 Å². The topological polar surface area (TPSA) is 29.5 Å². The first-order valence-electron chi connectivity index (χ1n) is 5.69. The van der Waals surface area contributed by atoms with Gasteiger partial charge in [0.1, 0.15) is 0 Å². The molecular weight excluding hydrogens is 218 g/mol. The molecule has 92 valence electrons. The molecule has 0 spiro atoms. The second-order valence-electron chi connectivity index (χ2n) is 6.14. The summed E-state index contributed by atoms with van der Waals surface area (Å²) in [5.74, 6) is 1.01. The van der Waals surface area contributed by atoms with Crippen LogP contribution in [0.15, 0.2) is 11.3 Å². The van der Waals surface area contributed by atoms with E-state index < -0.39 is 8.32 Å². The molecule has 16 heavy (non-hydrogen) atoms. The van der Waals surface area contributed by atoms with E-state index in [9.17, 15) is 4.79 Å². The van der Waals surface area contributed by atoms with Gasteiger partial charge in [-0.25, -0.2) is 0 Å². The van der Waals surface area contributed by atoms with Gasteiger partial charge in [0.15, 0.2) is 0 Å². The predicted molar refractivity (Wildman–Crippen MR) is 68.6 cm³/mol. The van der Waals surface area contributed by atoms with E-state index >= 15 is 0 Å². The molecule has 0 bridgehead atoms. The standard InChI is InChI=1S/C12H23NO2Si/c1-12(2,3)16(6,7)15-10-8-9(10)11(14)13(4)5/h8H2,1-7H3. The first kappa shape index (κ1) is 13.3. The van der Waals surface area contributed by atoms with E-state index in [4.69, 9.17) is 4.43 Å². The van der Waals surface area contributed by atoms with Gasteiger partial charge in [-0.15, -0.1) is 0 Å². The Bertz CT molecular complexity index is 337. The Morgan fingerprint density at radius 3 is 2.19 bits per heavy atom. The monoisotopic (exact) mass is 241 g/mol. The lowest BCUT2D eigenvalue weighted by Gasteiger charge is -2.35. The van der Waals surface area contributed by atoms with Gasteiger partial charge in [0.05, 0.1) is 11.3 Å². The van der Waals surface area contributed by atoms with Crippen molar-refractivity contribution in [2.24, 2.45) is 0 Å². The van der Waals surface area contributed by atoms with Crippen LogP contribution in [0.2, 0.25) is 18.1 Å². The maximum atomic E-state index is 11.7. The van der Waals surface area contributed by atoms with Crippen LogP contribution >= 0.6 is 0 Å². The molecule has 0 atom stereocenters. The van der Waals surface area contributed by atoms with Gasteiger partial charge in [0, 0.05) is 20.5 Å². The summed E-state index contributed by atoms with van der Waals surface area (Å²) >= 11 is 0. The molecule has 1 aliphatic rings. The van der Waals surface area contributed by atoms with Crippen molar-refractivity contribution >= 4 is 14.2 Å². The normalized spacial score (nSPS) is 16.2. The van der Waals surface area contributed by atoms with Gasteiger partial charge in [0.25, 0.3) is 5.91 Å². The smallest absolute Gasteiger partial charge is 0.253 e. The fourth-order valence-electron chi connectivity index (χ4n) is 1.14. The van der Waals surface area contributed by atoms with E-state index in [1.165, 1.54) is 0 Å². The van der Waals surface area contributed by atoms with E-state index in [0.717, 1.165) is 17.8 Å². The van der Waals surface area contributed by atoms with Crippen LogP contribution in [0.4, 0.5) is 0 Å². The van der Waals surface area contributed by atoms with Crippen molar-refractivity contribution in [1.29, 1.82) is 0 Å². The number of hydrogen-bond acceptors (Lipinski definition) is 2. The van der Waals surface area contributed by atoms with E-state index in [0.29, 0.717) is 0 Å². The molecule has 0 aromatic rings. The van der Waals surface area contributed by atoms with Gasteiger partial charge in [-0.1, -0.05) is 20.8 Å². The average molecular weight is 241 g/mol. The second kappa shape index (κ2) is 3.91. The number of amides is 1. The molecule has 1 rings (SSSR count). The number of carbonyl (C=O) groups is 1. The first-order valence-corrected chi connectivity index (χ1v) is 8.60. The van der Waals surface area contributed by atoms with Gasteiger partial charge < -0.3 is 9.33 Å². The molecule has 0 aliphatic heterocycles. The van der Waals surface area contributed by atoms with Crippen LogP contribution in [0.5, 0.6) is 0 Å². The van der Waals surface area contributed by atoms with Crippen LogP contribution in [0, 0.1) is 0 Å². The highest BCUT2D eigenvalue weighted by atomic mass is 28.4. The molecule has 0 fully saturated rings. The Morgan fingerprint density at radius 2 is 1.81 bits per heavy atom. The third kappa shape index (κ3) is 2.67. The molecule has 0 heterocycles. The molecule has 0 aromatic carbocycles. The molecule has 4 heteroatoms. The molecular formula is C12H23NO2Si. The Balaban J connectivity index is 2.70. The van der Waals surface area contributed by atoms with Crippen LogP contribution < -0.4 is 0 Å². The van der Waals surface area contributed by atoms with Crippen molar-refractivity contribution in [2.45, 2.75) is 45.3 Å². The zero-order valence-corrected chi connectivity index (χ0v) is 12.5. The van der Waals surface area contributed by atoms with Gasteiger partial charge in [-0.2, -0.15) is 0 Å². The highest BCUT2D eigenvalue weighted by molar-refractivity contribution is 6.74. The largest absolute Gasteiger partial charge is 0.546 e. The van der Waals surface area contributed by atoms with Crippen LogP contribution in [-0.4, -0.2) is 33.2 Å². The number of allylic oxidation sites excluding steroid dienone is 1. The summed E-state index contributed by atoms with van der Waals surface area (Å²) in [5, 5.41) is 0.189. The van der Waals surface area contributed by atoms with Gasteiger partial charge in [-0.05, 0) is 18.1 Å². The summed E-state index contributed by atoms with van der Waals surface area (Å²) in [7, 11) is 1.79. The summed E-state index contributed by atoms with van der Waals surface area (Å²) in [4.78, 5) is 13.3. The first-order chi connectivity index (χ1) is 7.06. The Hall–Kier alpha value is -0.773. The van der Waals surface area contributed by atoms with Gasteiger partial charge in [-0.3, -0.25) is 4.79 Å². The number of nitrogens with zero attached hydrogens (tertiary/aromatic N) is 1. The molecule has 0 unspecified atom stereocenters. The molecule has 0 N–H and O–H groups in total. The van der Waals surface area contributed by atoms with Crippen LogP contribution in [-0.2, 0) is 9.22 Å². The molecule has 0 radical (unpaired) electrons. The summed E-state index contributed by atoms with van der Waals surface area (Å²) in [6.45, 7) is 11.0. The molecule has 0 aromatic heterocycles. The van der Waals surface area contributed by atoms with E-state index in [-0.39, 0.29) is 10.9 Å². The lowest BCUT2D eigenvalue weighted by molar-refractivity contribution is -0.124. The summed E-state index contributed by atoms with van der Waals surface area (Å²) in [5.41, 5.74) is 0.856. The van der Waals surface area contributed by atoms with Crippen molar-refractivity contribution < 1.29 is 9.22 Å². The highest BCUT2D eigenvalue weighted by Crippen LogP contribution is 2.43. The molecule has 3 nitrogen and oxygen atoms in total. The quantitative estimate of drug-likeness (QED) is 0.711. The molecule has 1 aliphatic carbocycles. The van der Waals surface area contributed by atoms with Gasteiger partial charge in [0.2, 0.25) is 8.32 Å². The van der Waals surface area contributed by atoms with Crippen LogP contribution in [0.25, 0.3) is 0 Å². The van der Waals surface area contributed by atoms with Crippen molar-refractivity contribution in [3.05, 3.63) is 11.3 Å². The molecule has 0 saturated carbocycles. The minimum Gasteiger partial charge on any atom is -0.546 e. The predicted octanol–water partition coefficient (Wildman–Crippen LogP) is 2.75. The SMILES string of the molecule is CN(C)C(=O)C1=C(O[Si](C)(C)C(C)(C)C)C1. The van der Waals surface area contributed by atoms with Crippen molar-refractivity contribution in [2.75, 3.05) is 14.1 Å². The summed E-state index contributed by atoms with van der Waals surface area (Å²) in [6, 6.07) is 0. The Kier molecular flexibility index (Phi) is 3.25. The van der Waals surface area contributed by atoms with Crippen molar-refractivity contribution in [3.63, 3.8) is 0 Å². The van der Waals surface area contributed by atoms with Crippen LogP contribution in [0.1, 0.15) is 27.2 Å². The average Bonchev–Trinajstić information content (AvgIpc) is 2.79. The second-order valence-corrected chi connectivity index (χ2v) is 10.9. The number of carbonyl (C=O) groups excluding carboxylic acids is 1. The number of likely N-dealkylation sites (N-methyl/N-ethyl adjacent to an activating group) is 1. The Labute approximate surface area is 99.6 Å².